The molecule has 1 N–H and O–H groups in total. The summed E-state index contributed by atoms with van der Waals surface area (Å²) in [5.74, 6) is -1.05. The molecule has 0 saturated carbocycles. The molecule has 0 bridgehead atoms. The molecule has 0 spiro atoms. The molecule has 3 rings (SSSR count). The van der Waals surface area contributed by atoms with Gasteiger partial charge < -0.3 is 14.6 Å². The van der Waals surface area contributed by atoms with Crippen LogP contribution in [0.5, 0.6) is 0 Å². The van der Waals surface area contributed by atoms with Crippen molar-refractivity contribution in [2.75, 3.05) is 6.54 Å². The smallest absolute Gasteiger partial charge is 0.326 e. The molecule has 0 unspecified atom stereocenters. The van der Waals surface area contributed by atoms with Gasteiger partial charge in [-0.2, -0.15) is 0 Å². The molecule has 1 atom stereocenters. The molecule has 1 aliphatic rings. The Morgan fingerprint density at radius 3 is 2.82 bits per heavy atom. The van der Waals surface area contributed by atoms with Crippen LogP contribution in [0.1, 0.15) is 18.5 Å². The van der Waals surface area contributed by atoms with Gasteiger partial charge in [-0.25, -0.2) is 4.79 Å². The Morgan fingerprint density at radius 2 is 2.09 bits per heavy atom. The molecule has 116 valence electrons. The van der Waals surface area contributed by atoms with E-state index in [1.165, 1.54) is 4.90 Å². The number of carboxylic acids is 1. The largest absolute Gasteiger partial charge is 0.480 e. The van der Waals surface area contributed by atoms with Gasteiger partial charge in [-0.05, 0) is 41.8 Å². The standard InChI is InChI=1S/C16H17BrN2O3/c1-10-15(17)11-5-2-3-6-12(11)19(10)9-14(20)18-8-4-7-13(18)16(21)22/h2-3,5-6,13H,4,7-9H2,1H3,(H,21,22)/t13-/m1/s1. The van der Waals surface area contributed by atoms with Crippen molar-refractivity contribution >= 4 is 38.7 Å². The van der Waals surface area contributed by atoms with E-state index in [1.807, 2.05) is 35.8 Å². The Kier molecular flexibility index (Phi) is 3.95. The second-order valence-electron chi connectivity index (χ2n) is 5.59. The third-order valence-electron chi connectivity index (χ3n) is 4.31. The first kappa shape index (κ1) is 15.1. The first-order chi connectivity index (χ1) is 10.5. The van der Waals surface area contributed by atoms with Crippen molar-refractivity contribution in [1.29, 1.82) is 0 Å². The molecule has 1 saturated heterocycles. The average Bonchev–Trinajstić information content (AvgIpc) is 3.08. The van der Waals surface area contributed by atoms with Crippen LogP contribution in [0.3, 0.4) is 0 Å². The highest BCUT2D eigenvalue weighted by Crippen LogP contribution is 2.30. The maximum Gasteiger partial charge on any atom is 0.326 e. The van der Waals surface area contributed by atoms with Crippen LogP contribution in [0, 0.1) is 6.92 Å². The maximum absolute atomic E-state index is 12.6. The van der Waals surface area contributed by atoms with E-state index in [2.05, 4.69) is 15.9 Å². The highest BCUT2D eigenvalue weighted by molar-refractivity contribution is 9.10. The molecule has 6 heteroatoms. The lowest BCUT2D eigenvalue weighted by atomic mass is 10.2. The van der Waals surface area contributed by atoms with E-state index >= 15 is 0 Å². The van der Waals surface area contributed by atoms with Crippen molar-refractivity contribution in [3.8, 4) is 0 Å². The molecule has 0 aliphatic carbocycles. The number of carbonyl (C=O) groups is 2. The molecule has 1 fully saturated rings. The van der Waals surface area contributed by atoms with Gasteiger partial charge >= 0.3 is 5.97 Å². The number of amides is 1. The van der Waals surface area contributed by atoms with Crippen LogP contribution >= 0.6 is 15.9 Å². The van der Waals surface area contributed by atoms with Crippen molar-refractivity contribution in [2.24, 2.45) is 0 Å². The van der Waals surface area contributed by atoms with Crippen LogP contribution in [0.2, 0.25) is 0 Å². The molecule has 0 radical (unpaired) electrons. The van der Waals surface area contributed by atoms with Gasteiger partial charge in [0.15, 0.2) is 0 Å². The molecule has 1 aliphatic heterocycles. The second-order valence-corrected chi connectivity index (χ2v) is 6.38. The number of halogens is 1. The highest BCUT2D eigenvalue weighted by atomic mass is 79.9. The lowest BCUT2D eigenvalue weighted by Gasteiger charge is -2.22. The Balaban J connectivity index is 1.92. The number of carbonyl (C=O) groups excluding carboxylic acids is 1. The molecule has 1 aromatic carbocycles. The summed E-state index contributed by atoms with van der Waals surface area (Å²) in [7, 11) is 0. The van der Waals surface area contributed by atoms with Crippen LogP contribution in [0.15, 0.2) is 28.7 Å². The molecular weight excluding hydrogens is 348 g/mol. The molecule has 2 heterocycles. The van der Waals surface area contributed by atoms with Crippen molar-refractivity contribution in [1.82, 2.24) is 9.47 Å². The predicted octanol–water partition coefficient (Wildman–Crippen LogP) is 2.79. The van der Waals surface area contributed by atoms with Crippen LogP contribution in [-0.4, -0.2) is 39.0 Å². The molecule has 22 heavy (non-hydrogen) atoms. The fraction of sp³-hybridized carbons (Fsp3) is 0.375. The van der Waals surface area contributed by atoms with E-state index in [0.29, 0.717) is 13.0 Å². The summed E-state index contributed by atoms with van der Waals surface area (Å²) >= 11 is 3.57. The van der Waals surface area contributed by atoms with E-state index in [0.717, 1.165) is 27.5 Å². The van der Waals surface area contributed by atoms with Gasteiger partial charge in [-0.15, -0.1) is 0 Å². The SMILES string of the molecule is Cc1c(Br)c2ccccc2n1CC(=O)N1CCC[C@@H]1C(=O)O. The number of para-hydroxylation sites is 1. The lowest BCUT2D eigenvalue weighted by molar-refractivity contribution is -0.148. The second kappa shape index (κ2) is 5.76. The molecule has 1 amide bonds. The highest BCUT2D eigenvalue weighted by Gasteiger charge is 2.34. The summed E-state index contributed by atoms with van der Waals surface area (Å²) < 4.78 is 2.92. The van der Waals surface area contributed by atoms with Gasteiger partial charge in [0, 0.05) is 27.6 Å². The number of aliphatic carboxylic acids is 1. The summed E-state index contributed by atoms with van der Waals surface area (Å²) in [5.41, 5.74) is 1.95. The van der Waals surface area contributed by atoms with Crippen LogP contribution < -0.4 is 0 Å². The zero-order valence-electron chi connectivity index (χ0n) is 12.3. The number of carboxylic acid groups (broad SMARTS) is 1. The number of benzene rings is 1. The molecule has 5 nitrogen and oxygen atoms in total. The predicted molar refractivity (Wildman–Crippen MR) is 86.7 cm³/mol. The summed E-state index contributed by atoms with van der Waals surface area (Å²) in [6, 6.07) is 7.19. The maximum atomic E-state index is 12.6. The van der Waals surface area contributed by atoms with Gasteiger partial charge in [0.25, 0.3) is 0 Å². The van der Waals surface area contributed by atoms with Crippen LogP contribution in [-0.2, 0) is 16.1 Å². The quantitative estimate of drug-likeness (QED) is 0.910. The number of fused-ring (bicyclic) bond motifs is 1. The summed E-state index contributed by atoms with van der Waals surface area (Å²) in [6.45, 7) is 2.65. The first-order valence-electron chi connectivity index (χ1n) is 7.26. The number of aromatic nitrogens is 1. The first-order valence-corrected chi connectivity index (χ1v) is 8.05. The van der Waals surface area contributed by atoms with E-state index < -0.39 is 12.0 Å². The Morgan fingerprint density at radius 1 is 1.36 bits per heavy atom. The van der Waals surface area contributed by atoms with Crippen molar-refractivity contribution in [3.63, 3.8) is 0 Å². The van der Waals surface area contributed by atoms with E-state index in [9.17, 15) is 14.7 Å². The van der Waals surface area contributed by atoms with Crippen LogP contribution in [0.4, 0.5) is 0 Å². The number of rotatable bonds is 3. The van der Waals surface area contributed by atoms with Gasteiger partial charge in [-0.3, -0.25) is 4.79 Å². The van der Waals surface area contributed by atoms with E-state index in [4.69, 9.17) is 0 Å². The topological polar surface area (TPSA) is 62.5 Å². The third-order valence-corrected chi connectivity index (χ3v) is 5.31. The van der Waals surface area contributed by atoms with Gasteiger partial charge in [-0.1, -0.05) is 18.2 Å². The summed E-state index contributed by atoms with van der Waals surface area (Å²) in [4.78, 5) is 25.3. The van der Waals surface area contributed by atoms with Crippen molar-refractivity contribution < 1.29 is 14.7 Å². The number of likely N-dealkylation sites (tertiary alicyclic amines) is 1. The fourth-order valence-electron chi connectivity index (χ4n) is 3.14. The molecule has 2 aromatic rings. The van der Waals surface area contributed by atoms with Crippen LogP contribution in [0.25, 0.3) is 10.9 Å². The van der Waals surface area contributed by atoms with Gasteiger partial charge in [0.2, 0.25) is 5.91 Å². The number of hydrogen-bond acceptors (Lipinski definition) is 2. The average molecular weight is 365 g/mol. The van der Waals surface area contributed by atoms with Crippen molar-refractivity contribution in [2.45, 2.75) is 32.4 Å². The Hall–Kier alpha value is -1.82. The molecule has 1 aromatic heterocycles. The Bertz CT molecular complexity index is 753. The van der Waals surface area contributed by atoms with E-state index in [1.54, 1.807) is 0 Å². The number of hydrogen-bond donors (Lipinski definition) is 1. The Labute approximate surface area is 136 Å². The zero-order chi connectivity index (χ0) is 15.9. The van der Waals surface area contributed by atoms with E-state index in [-0.39, 0.29) is 12.5 Å². The minimum Gasteiger partial charge on any atom is -0.480 e. The van der Waals surface area contributed by atoms with Gasteiger partial charge in [0.1, 0.15) is 12.6 Å². The zero-order valence-corrected chi connectivity index (χ0v) is 13.8. The molecular formula is C16H17BrN2O3. The summed E-state index contributed by atoms with van der Waals surface area (Å²) in [6.07, 6.45) is 1.29. The van der Waals surface area contributed by atoms with Crippen molar-refractivity contribution in [3.05, 3.63) is 34.4 Å². The van der Waals surface area contributed by atoms with Gasteiger partial charge in [0.05, 0.1) is 0 Å². The number of nitrogens with zero attached hydrogens (tertiary/aromatic N) is 2. The third kappa shape index (κ3) is 2.41. The minimum atomic E-state index is -0.916. The normalized spacial score (nSPS) is 18.1. The lowest BCUT2D eigenvalue weighted by Crippen LogP contribution is -2.42. The minimum absolute atomic E-state index is 0.138. The monoisotopic (exact) mass is 364 g/mol. The fourth-order valence-corrected chi connectivity index (χ4v) is 3.69. The summed E-state index contributed by atoms with van der Waals surface area (Å²) in [5, 5.41) is 10.3.